The maximum absolute atomic E-state index is 11.3. The van der Waals surface area contributed by atoms with Crippen molar-refractivity contribution in [2.45, 2.75) is 52.2 Å². The van der Waals surface area contributed by atoms with Crippen molar-refractivity contribution in [2.24, 2.45) is 0 Å². The quantitative estimate of drug-likeness (QED) is 0.848. The number of hydrogen-bond acceptors (Lipinski definition) is 5. The van der Waals surface area contributed by atoms with Crippen LogP contribution in [0.25, 0.3) is 0 Å². The van der Waals surface area contributed by atoms with Gasteiger partial charge >= 0.3 is 5.97 Å². The van der Waals surface area contributed by atoms with Gasteiger partial charge in [-0.3, -0.25) is 0 Å². The molecule has 138 valence electrons. The maximum Gasteiger partial charge on any atom is 0.354 e. The number of benzene rings is 1. The third-order valence-electron chi connectivity index (χ3n) is 4.72. The highest BCUT2D eigenvalue weighted by molar-refractivity contribution is 5.88. The summed E-state index contributed by atoms with van der Waals surface area (Å²) in [5, 5.41) is 12.5. The number of hydrogen-bond donors (Lipinski definition) is 2. The fourth-order valence-corrected chi connectivity index (χ4v) is 3.38. The summed E-state index contributed by atoms with van der Waals surface area (Å²) >= 11 is 0. The Morgan fingerprint density at radius 2 is 2.08 bits per heavy atom. The number of carbonyl (C=O) groups is 1. The molecule has 3 rings (SSSR count). The van der Waals surface area contributed by atoms with E-state index in [4.69, 9.17) is 4.74 Å². The average Bonchev–Trinajstić information content (AvgIpc) is 2.62. The topological polar surface area (TPSA) is 84.3 Å². The molecule has 2 heterocycles. The van der Waals surface area contributed by atoms with Crippen LogP contribution in [0.2, 0.25) is 0 Å². The fourth-order valence-electron chi connectivity index (χ4n) is 3.38. The first-order chi connectivity index (χ1) is 12.4. The summed E-state index contributed by atoms with van der Waals surface area (Å²) in [6, 6.07) is 8.45. The number of carboxylic acids is 1. The molecule has 1 aliphatic rings. The Morgan fingerprint density at radius 1 is 1.27 bits per heavy atom. The molecule has 2 aromatic rings. The second-order valence-electron chi connectivity index (χ2n) is 6.87. The Labute approximate surface area is 153 Å². The van der Waals surface area contributed by atoms with Gasteiger partial charge in [-0.05, 0) is 45.6 Å². The predicted molar refractivity (Wildman–Crippen MR) is 99.6 cm³/mol. The van der Waals surface area contributed by atoms with E-state index in [0.29, 0.717) is 23.8 Å². The van der Waals surface area contributed by atoms with Crippen LogP contribution >= 0.6 is 0 Å². The molecule has 1 saturated heterocycles. The third kappa shape index (κ3) is 4.19. The van der Waals surface area contributed by atoms with Gasteiger partial charge in [0.05, 0.1) is 12.2 Å². The van der Waals surface area contributed by atoms with Gasteiger partial charge < -0.3 is 15.2 Å². The molecule has 26 heavy (non-hydrogen) atoms. The van der Waals surface area contributed by atoms with Gasteiger partial charge in [0.1, 0.15) is 11.6 Å². The van der Waals surface area contributed by atoms with Crippen LogP contribution in [0, 0.1) is 20.8 Å². The minimum absolute atomic E-state index is 0.0437. The van der Waals surface area contributed by atoms with Crippen LogP contribution in [0.4, 0.5) is 5.82 Å². The van der Waals surface area contributed by atoms with Gasteiger partial charge in [0.25, 0.3) is 0 Å². The zero-order valence-electron chi connectivity index (χ0n) is 15.5. The van der Waals surface area contributed by atoms with Crippen molar-refractivity contribution in [1.82, 2.24) is 9.97 Å². The first kappa shape index (κ1) is 18.3. The van der Waals surface area contributed by atoms with Crippen molar-refractivity contribution >= 4 is 11.8 Å². The molecular formula is C20H25N3O3. The van der Waals surface area contributed by atoms with Crippen LogP contribution in [-0.2, 0) is 4.74 Å². The number of nitrogens with one attached hydrogen (secondary N) is 1. The summed E-state index contributed by atoms with van der Waals surface area (Å²) in [7, 11) is 0. The van der Waals surface area contributed by atoms with Gasteiger partial charge in [0.2, 0.25) is 0 Å². The summed E-state index contributed by atoms with van der Waals surface area (Å²) in [5.74, 6) is -0.0293. The van der Waals surface area contributed by atoms with Crippen LogP contribution in [0.5, 0.6) is 0 Å². The Balaban J connectivity index is 1.67. The number of rotatable bonds is 5. The molecule has 0 radical (unpaired) electrons. The molecule has 0 bridgehead atoms. The first-order valence-corrected chi connectivity index (χ1v) is 8.98. The number of nitrogens with zero attached hydrogens (tertiary/aromatic N) is 2. The lowest BCUT2D eigenvalue weighted by atomic mass is 9.97. The van der Waals surface area contributed by atoms with Crippen molar-refractivity contribution in [3.8, 4) is 0 Å². The number of aromatic nitrogens is 2. The molecule has 0 spiro atoms. The van der Waals surface area contributed by atoms with Gasteiger partial charge in [-0.2, -0.15) is 0 Å². The summed E-state index contributed by atoms with van der Waals surface area (Å²) in [6.45, 7) is 6.11. The Hall–Kier alpha value is -2.47. The molecule has 1 fully saturated rings. The molecule has 0 amide bonds. The van der Waals surface area contributed by atoms with E-state index in [0.717, 1.165) is 19.3 Å². The Bertz CT molecular complexity index is 807. The highest BCUT2D eigenvalue weighted by atomic mass is 16.5. The van der Waals surface area contributed by atoms with E-state index < -0.39 is 5.97 Å². The molecule has 2 N–H and O–H groups in total. The van der Waals surface area contributed by atoms with E-state index in [9.17, 15) is 9.90 Å². The van der Waals surface area contributed by atoms with Crippen LogP contribution in [-0.4, -0.2) is 33.7 Å². The first-order valence-electron chi connectivity index (χ1n) is 8.98. The highest BCUT2D eigenvalue weighted by Gasteiger charge is 2.24. The van der Waals surface area contributed by atoms with Crippen molar-refractivity contribution in [3.05, 3.63) is 52.5 Å². The zero-order valence-corrected chi connectivity index (χ0v) is 15.5. The minimum atomic E-state index is -1.04. The SMILES string of the molecule is Cc1cccc([C@H]2CCC[C@@H](CNc3nc(C)nc(C(=O)O)c3C)O2)c1. The lowest BCUT2D eigenvalue weighted by Crippen LogP contribution is -2.29. The summed E-state index contributed by atoms with van der Waals surface area (Å²) in [4.78, 5) is 19.7. The number of aromatic carboxylic acids is 1. The molecule has 0 unspecified atom stereocenters. The molecule has 6 nitrogen and oxygen atoms in total. The average molecular weight is 355 g/mol. The lowest BCUT2D eigenvalue weighted by molar-refractivity contribution is -0.0442. The highest BCUT2D eigenvalue weighted by Crippen LogP contribution is 2.31. The van der Waals surface area contributed by atoms with E-state index in [-0.39, 0.29) is 17.9 Å². The van der Waals surface area contributed by atoms with Crippen LogP contribution < -0.4 is 5.32 Å². The number of anilines is 1. The van der Waals surface area contributed by atoms with E-state index >= 15 is 0 Å². The van der Waals surface area contributed by atoms with E-state index in [1.807, 2.05) is 0 Å². The van der Waals surface area contributed by atoms with Crippen molar-refractivity contribution in [1.29, 1.82) is 0 Å². The van der Waals surface area contributed by atoms with Gasteiger partial charge in [-0.25, -0.2) is 14.8 Å². The standard InChI is InChI=1S/C20H25N3O3/c1-12-6-4-7-15(10-12)17-9-5-8-16(26-17)11-21-19-13(2)18(20(24)25)22-14(3)23-19/h4,6-7,10,16-17H,5,8-9,11H2,1-3H3,(H,24,25)(H,21,22,23)/t16-,17+/m0/s1. The summed E-state index contributed by atoms with van der Waals surface area (Å²) in [6.07, 6.45) is 3.28. The van der Waals surface area contributed by atoms with E-state index in [1.54, 1.807) is 13.8 Å². The molecule has 6 heteroatoms. The van der Waals surface area contributed by atoms with Crippen LogP contribution in [0.15, 0.2) is 24.3 Å². The van der Waals surface area contributed by atoms with Crippen molar-refractivity contribution in [2.75, 3.05) is 11.9 Å². The van der Waals surface area contributed by atoms with E-state index in [2.05, 4.69) is 46.5 Å². The van der Waals surface area contributed by atoms with Gasteiger partial charge in [-0.15, -0.1) is 0 Å². The maximum atomic E-state index is 11.3. The molecular weight excluding hydrogens is 330 g/mol. The largest absolute Gasteiger partial charge is 0.476 e. The molecule has 1 aromatic carbocycles. The molecule has 0 saturated carbocycles. The van der Waals surface area contributed by atoms with E-state index in [1.165, 1.54) is 11.1 Å². The molecule has 1 aliphatic heterocycles. The normalized spacial score (nSPS) is 20.0. The van der Waals surface area contributed by atoms with Crippen molar-refractivity contribution < 1.29 is 14.6 Å². The predicted octanol–water partition coefficient (Wildman–Crippen LogP) is 3.82. The molecule has 2 atom stereocenters. The number of carboxylic acid groups (broad SMARTS) is 1. The lowest BCUT2D eigenvalue weighted by Gasteiger charge is -2.31. The number of aryl methyl sites for hydroxylation is 2. The Kier molecular flexibility index (Phi) is 5.52. The second kappa shape index (κ2) is 7.83. The van der Waals surface area contributed by atoms with Crippen LogP contribution in [0.3, 0.4) is 0 Å². The minimum Gasteiger partial charge on any atom is -0.476 e. The molecule has 0 aliphatic carbocycles. The van der Waals surface area contributed by atoms with Gasteiger partial charge in [0, 0.05) is 12.1 Å². The van der Waals surface area contributed by atoms with Gasteiger partial charge in [0.15, 0.2) is 5.69 Å². The smallest absolute Gasteiger partial charge is 0.354 e. The Morgan fingerprint density at radius 3 is 2.81 bits per heavy atom. The second-order valence-corrected chi connectivity index (χ2v) is 6.87. The van der Waals surface area contributed by atoms with Crippen LogP contribution in [0.1, 0.15) is 58.4 Å². The van der Waals surface area contributed by atoms with Gasteiger partial charge in [-0.1, -0.05) is 29.8 Å². The monoisotopic (exact) mass is 355 g/mol. The third-order valence-corrected chi connectivity index (χ3v) is 4.72. The van der Waals surface area contributed by atoms with Crippen molar-refractivity contribution in [3.63, 3.8) is 0 Å². The molecule has 1 aromatic heterocycles. The summed E-state index contributed by atoms with van der Waals surface area (Å²) in [5.41, 5.74) is 3.05. The fraction of sp³-hybridized carbons (Fsp3) is 0.450. The zero-order chi connectivity index (χ0) is 18.7. The number of ether oxygens (including phenoxy) is 1. The summed E-state index contributed by atoms with van der Waals surface area (Å²) < 4.78 is 6.27.